The summed E-state index contributed by atoms with van der Waals surface area (Å²) in [6.45, 7) is 0.911. The van der Waals surface area contributed by atoms with Crippen molar-refractivity contribution in [3.8, 4) is 5.82 Å². The first-order chi connectivity index (χ1) is 9.33. The molecule has 0 spiro atoms. The normalized spacial score (nSPS) is 16.7. The number of hydrogen-bond donors (Lipinski definition) is 2. The molecule has 2 aromatic rings. The third-order valence-electron chi connectivity index (χ3n) is 3.13. The van der Waals surface area contributed by atoms with E-state index in [0.29, 0.717) is 5.69 Å². The van der Waals surface area contributed by atoms with E-state index in [1.165, 1.54) is 0 Å². The Kier molecular flexibility index (Phi) is 6.61. The Bertz CT molecular complexity index is 552. The quantitative estimate of drug-likeness (QED) is 0.900. The molecule has 21 heavy (non-hydrogen) atoms. The average molecular weight is 330 g/mol. The molecule has 0 radical (unpaired) electrons. The summed E-state index contributed by atoms with van der Waals surface area (Å²) < 4.78 is 1.67. The fraction of sp³-hybridized carbons (Fsp3) is 0.308. The molecule has 1 amide bonds. The predicted molar refractivity (Wildman–Crippen MR) is 85.5 cm³/mol. The Hall–Kier alpha value is -1.63. The molecule has 1 saturated heterocycles. The van der Waals surface area contributed by atoms with Crippen molar-refractivity contribution >= 4 is 36.4 Å². The molecule has 8 heteroatoms. The maximum Gasteiger partial charge on any atom is 0.241 e. The van der Waals surface area contributed by atoms with Crippen LogP contribution in [0.15, 0.2) is 36.8 Å². The second-order valence-electron chi connectivity index (χ2n) is 4.49. The number of nitrogens with zero attached hydrogens (tertiary/aromatic N) is 3. The summed E-state index contributed by atoms with van der Waals surface area (Å²) in [5.74, 6) is 0.730. The molecule has 0 bridgehead atoms. The fourth-order valence-corrected chi connectivity index (χ4v) is 2.14. The van der Waals surface area contributed by atoms with Gasteiger partial charge in [0.05, 0.1) is 17.9 Å². The lowest BCUT2D eigenvalue weighted by Crippen LogP contribution is -2.35. The van der Waals surface area contributed by atoms with E-state index in [1.54, 1.807) is 17.1 Å². The molecule has 0 aromatic carbocycles. The zero-order valence-electron chi connectivity index (χ0n) is 11.2. The highest BCUT2D eigenvalue weighted by Crippen LogP contribution is 2.12. The van der Waals surface area contributed by atoms with Crippen molar-refractivity contribution < 1.29 is 4.79 Å². The third-order valence-corrected chi connectivity index (χ3v) is 3.13. The van der Waals surface area contributed by atoms with Crippen molar-refractivity contribution in [1.82, 2.24) is 20.1 Å². The summed E-state index contributed by atoms with van der Waals surface area (Å²) >= 11 is 0. The summed E-state index contributed by atoms with van der Waals surface area (Å²) in [5.41, 5.74) is 0.703. The van der Waals surface area contributed by atoms with Crippen molar-refractivity contribution in [3.05, 3.63) is 36.8 Å². The van der Waals surface area contributed by atoms with Gasteiger partial charge in [-0.05, 0) is 37.6 Å². The fourth-order valence-electron chi connectivity index (χ4n) is 2.14. The van der Waals surface area contributed by atoms with Gasteiger partial charge in [-0.15, -0.1) is 24.8 Å². The largest absolute Gasteiger partial charge is 0.323 e. The van der Waals surface area contributed by atoms with Crippen LogP contribution in [-0.2, 0) is 4.79 Å². The van der Waals surface area contributed by atoms with Gasteiger partial charge in [-0.2, -0.15) is 5.10 Å². The van der Waals surface area contributed by atoms with E-state index in [-0.39, 0.29) is 36.8 Å². The molecule has 0 aliphatic carbocycles. The molecule has 3 heterocycles. The number of rotatable bonds is 3. The van der Waals surface area contributed by atoms with Crippen molar-refractivity contribution in [1.29, 1.82) is 0 Å². The maximum atomic E-state index is 11.9. The molecule has 2 aromatic heterocycles. The number of carbonyl (C=O) groups excluding carboxylic acids is 1. The lowest BCUT2D eigenvalue weighted by Gasteiger charge is -2.11. The van der Waals surface area contributed by atoms with Gasteiger partial charge in [0, 0.05) is 12.4 Å². The first-order valence-corrected chi connectivity index (χ1v) is 6.33. The predicted octanol–water partition coefficient (Wildman–Crippen LogP) is 1.80. The number of anilines is 1. The molecule has 2 N–H and O–H groups in total. The van der Waals surface area contributed by atoms with Crippen LogP contribution < -0.4 is 10.6 Å². The van der Waals surface area contributed by atoms with Gasteiger partial charge in [0.25, 0.3) is 0 Å². The van der Waals surface area contributed by atoms with E-state index < -0.39 is 0 Å². The Morgan fingerprint density at radius 1 is 1.38 bits per heavy atom. The average Bonchev–Trinajstić information content (AvgIpc) is 3.13. The second kappa shape index (κ2) is 7.97. The van der Waals surface area contributed by atoms with Gasteiger partial charge in [0.1, 0.15) is 0 Å². The monoisotopic (exact) mass is 329 g/mol. The Balaban J connectivity index is 0.00000110. The molecular weight excluding hydrogens is 313 g/mol. The molecule has 1 unspecified atom stereocenters. The number of halogens is 2. The first-order valence-electron chi connectivity index (χ1n) is 6.33. The summed E-state index contributed by atoms with van der Waals surface area (Å²) in [5, 5.41) is 10.1. The third kappa shape index (κ3) is 4.17. The van der Waals surface area contributed by atoms with E-state index in [2.05, 4.69) is 20.7 Å². The topological polar surface area (TPSA) is 71.8 Å². The minimum absolute atomic E-state index is 0. The summed E-state index contributed by atoms with van der Waals surface area (Å²) in [6, 6.07) is 5.41. The van der Waals surface area contributed by atoms with Crippen LogP contribution in [-0.4, -0.2) is 33.3 Å². The van der Waals surface area contributed by atoms with Gasteiger partial charge >= 0.3 is 0 Å². The first kappa shape index (κ1) is 17.4. The number of amides is 1. The van der Waals surface area contributed by atoms with Crippen LogP contribution in [0.1, 0.15) is 12.8 Å². The van der Waals surface area contributed by atoms with E-state index in [0.717, 1.165) is 25.2 Å². The molecule has 1 aliphatic rings. The highest BCUT2D eigenvalue weighted by Gasteiger charge is 2.21. The Labute approximate surface area is 135 Å². The number of hydrogen-bond acceptors (Lipinski definition) is 4. The van der Waals surface area contributed by atoms with Crippen LogP contribution in [0.2, 0.25) is 0 Å². The van der Waals surface area contributed by atoms with Crippen LogP contribution in [0.4, 0.5) is 5.69 Å². The number of nitrogens with one attached hydrogen (secondary N) is 2. The molecular formula is C13H17Cl2N5O. The second-order valence-corrected chi connectivity index (χ2v) is 4.49. The molecule has 1 fully saturated rings. The van der Waals surface area contributed by atoms with Crippen LogP contribution in [0.5, 0.6) is 0 Å². The molecule has 1 atom stereocenters. The van der Waals surface area contributed by atoms with Gasteiger partial charge in [0.2, 0.25) is 5.91 Å². The summed E-state index contributed by atoms with van der Waals surface area (Å²) in [7, 11) is 0. The van der Waals surface area contributed by atoms with Crippen LogP contribution in [0.25, 0.3) is 5.82 Å². The maximum absolute atomic E-state index is 11.9. The highest BCUT2D eigenvalue weighted by molar-refractivity contribution is 5.94. The molecule has 3 rings (SSSR count). The Morgan fingerprint density at radius 2 is 2.24 bits per heavy atom. The molecule has 0 saturated carbocycles. The van der Waals surface area contributed by atoms with Crippen molar-refractivity contribution in [3.63, 3.8) is 0 Å². The lowest BCUT2D eigenvalue weighted by atomic mass is 10.2. The van der Waals surface area contributed by atoms with E-state index >= 15 is 0 Å². The van der Waals surface area contributed by atoms with Gasteiger partial charge in [-0.3, -0.25) is 4.79 Å². The van der Waals surface area contributed by atoms with E-state index in [4.69, 9.17) is 0 Å². The summed E-state index contributed by atoms with van der Waals surface area (Å²) in [6.07, 6.45) is 7.11. The van der Waals surface area contributed by atoms with Crippen molar-refractivity contribution in [2.24, 2.45) is 0 Å². The van der Waals surface area contributed by atoms with E-state index in [9.17, 15) is 4.79 Å². The number of carbonyl (C=O) groups is 1. The van der Waals surface area contributed by atoms with Gasteiger partial charge < -0.3 is 10.6 Å². The summed E-state index contributed by atoms with van der Waals surface area (Å²) in [4.78, 5) is 16.2. The highest BCUT2D eigenvalue weighted by atomic mass is 35.5. The van der Waals surface area contributed by atoms with Crippen LogP contribution in [0.3, 0.4) is 0 Å². The van der Waals surface area contributed by atoms with E-state index in [1.807, 2.05) is 24.4 Å². The van der Waals surface area contributed by atoms with Gasteiger partial charge in [-0.25, -0.2) is 9.67 Å². The van der Waals surface area contributed by atoms with Crippen LogP contribution in [0, 0.1) is 0 Å². The molecule has 114 valence electrons. The van der Waals surface area contributed by atoms with Gasteiger partial charge in [0.15, 0.2) is 5.82 Å². The van der Waals surface area contributed by atoms with Crippen molar-refractivity contribution in [2.75, 3.05) is 11.9 Å². The van der Waals surface area contributed by atoms with Crippen molar-refractivity contribution in [2.45, 2.75) is 18.9 Å². The minimum Gasteiger partial charge on any atom is -0.323 e. The smallest absolute Gasteiger partial charge is 0.241 e. The zero-order valence-corrected chi connectivity index (χ0v) is 12.9. The standard InChI is InChI=1S/C13H15N5O.2ClH/c19-13(11-3-1-6-14-11)17-10-4-5-12(15-9-10)18-8-2-7-16-18;;/h2,4-5,7-9,11,14H,1,3,6H2,(H,17,19);2*1H. The SMILES string of the molecule is Cl.Cl.O=C(Nc1ccc(-n2cccn2)nc1)C1CCCN1. The lowest BCUT2D eigenvalue weighted by molar-refractivity contribution is -0.117. The molecule has 1 aliphatic heterocycles. The molecule has 6 nitrogen and oxygen atoms in total. The zero-order chi connectivity index (χ0) is 13.1. The van der Waals surface area contributed by atoms with Crippen LogP contribution >= 0.6 is 24.8 Å². The number of pyridine rings is 1. The number of aromatic nitrogens is 3. The Morgan fingerprint density at radius 3 is 2.81 bits per heavy atom. The van der Waals surface area contributed by atoms with Gasteiger partial charge in [-0.1, -0.05) is 0 Å². The minimum atomic E-state index is -0.0780.